The van der Waals surface area contributed by atoms with E-state index < -0.39 is 11.8 Å². The third-order valence-corrected chi connectivity index (χ3v) is 5.84. The van der Waals surface area contributed by atoms with E-state index in [0.717, 1.165) is 18.6 Å². The minimum Gasteiger partial charge on any atom is -0.313 e. The fourth-order valence-electron chi connectivity index (χ4n) is 3.84. The van der Waals surface area contributed by atoms with Crippen LogP contribution in [-0.2, 0) is 4.84 Å². The molecule has 2 saturated carbocycles. The van der Waals surface area contributed by atoms with E-state index in [1.165, 1.54) is 24.6 Å². The summed E-state index contributed by atoms with van der Waals surface area (Å²) in [5, 5.41) is 4.09. The standard InChI is InChI=1S/C17H20FNO2/c1-16(2)11-8-9-17(16,3)14(10-11)19-21-15(20)12-6-4-5-7-13(12)18/h4-7,11H,8-10H2,1-3H3/b19-14+. The Bertz CT molecular complexity index is 623. The highest BCUT2D eigenvalue weighted by Gasteiger charge is 2.60. The van der Waals surface area contributed by atoms with Gasteiger partial charge >= 0.3 is 5.97 Å². The average Bonchev–Trinajstić information content (AvgIpc) is 2.78. The van der Waals surface area contributed by atoms with Gasteiger partial charge in [0.25, 0.3) is 0 Å². The Morgan fingerprint density at radius 1 is 1.33 bits per heavy atom. The van der Waals surface area contributed by atoms with Crippen molar-refractivity contribution in [2.45, 2.75) is 40.0 Å². The largest absolute Gasteiger partial charge is 0.368 e. The summed E-state index contributed by atoms with van der Waals surface area (Å²) in [4.78, 5) is 16.9. The predicted octanol–water partition coefficient (Wildman–Crippen LogP) is 4.18. The van der Waals surface area contributed by atoms with Gasteiger partial charge in [-0.05, 0) is 42.7 Å². The molecule has 0 saturated heterocycles. The second-order valence-electron chi connectivity index (χ2n) is 6.89. The molecule has 1 aromatic carbocycles. The van der Waals surface area contributed by atoms with E-state index in [0.29, 0.717) is 5.92 Å². The average molecular weight is 289 g/mol. The molecule has 0 radical (unpaired) electrons. The third-order valence-electron chi connectivity index (χ3n) is 5.84. The summed E-state index contributed by atoms with van der Waals surface area (Å²) in [7, 11) is 0. The summed E-state index contributed by atoms with van der Waals surface area (Å²) in [5.41, 5.74) is 1.02. The number of carbonyl (C=O) groups is 1. The van der Waals surface area contributed by atoms with Gasteiger partial charge < -0.3 is 4.84 Å². The predicted molar refractivity (Wildman–Crippen MR) is 78.5 cm³/mol. The Morgan fingerprint density at radius 3 is 2.62 bits per heavy atom. The van der Waals surface area contributed by atoms with E-state index in [-0.39, 0.29) is 16.4 Å². The zero-order valence-corrected chi connectivity index (χ0v) is 12.6. The van der Waals surface area contributed by atoms with Gasteiger partial charge in [-0.1, -0.05) is 38.1 Å². The van der Waals surface area contributed by atoms with Crippen molar-refractivity contribution in [2.24, 2.45) is 21.9 Å². The zero-order valence-electron chi connectivity index (χ0n) is 12.6. The summed E-state index contributed by atoms with van der Waals surface area (Å²) >= 11 is 0. The maximum atomic E-state index is 13.5. The van der Waals surface area contributed by atoms with Crippen molar-refractivity contribution in [2.75, 3.05) is 0 Å². The molecule has 0 aromatic heterocycles. The lowest BCUT2D eigenvalue weighted by Crippen LogP contribution is -2.32. The van der Waals surface area contributed by atoms with Gasteiger partial charge in [0.2, 0.25) is 0 Å². The summed E-state index contributed by atoms with van der Waals surface area (Å²) in [6, 6.07) is 5.79. The second-order valence-corrected chi connectivity index (χ2v) is 6.89. The molecule has 2 bridgehead atoms. The minimum atomic E-state index is -0.732. The quantitative estimate of drug-likeness (QED) is 0.605. The Morgan fingerprint density at radius 2 is 2.05 bits per heavy atom. The van der Waals surface area contributed by atoms with Crippen LogP contribution >= 0.6 is 0 Å². The molecule has 2 atom stereocenters. The highest BCUT2D eigenvalue weighted by Crippen LogP contribution is 2.63. The molecular weight excluding hydrogens is 269 g/mol. The summed E-state index contributed by atoms with van der Waals surface area (Å²) in [5.74, 6) is -0.722. The minimum absolute atomic E-state index is 0.0207. The van der Waals surface area contributed by atoms with Gasteiger partial charge in [-0.15, -0.1) is 0 Å². The van der Waals surface area contributed by atoms with E-state index in [4.69, 9.17) is 4.84 Å². The van der Waals surface area contributed by atoms with Gasteiger partial charge in [-0.2, -0.15) is 0 Å². The number of nitrogens with zero attached hydrogens (tertiary/aromatic N) is 1. The van der Waals surface area contributed by atoms with Crippen molar-refractivity contribution in [3.8, 4) is 0 Å². The van der Waals surface area contributed by atoms with Crippen LogP contribution in [0, 0.1) is 22.6 Å². The normalized spacial score (nSPS) is 31.6. The molecule has 3 rings (SSSR count). The molecule has 0 amide bonds. The van der Waals surface area contributed by atoms with Crippen molar-refractivity contribution in [3.63, 3.8) is 0 Å². The van der Waals surface area contributed by atoms with Crippen molar-refractivity contribution in [1.29, 1.82) is 0 Å². The molecular formula is C17H20FNO2. The molecule has 4 heteroatoms. The number of carbonyl (C=O) groups excluding carboxylic acids is 1. The highest BCUT2D eigenvalue weighted by atomic mass is 19.1. The Balaban J connectivity index is 1.79. The smallest absolute Gasteiger partial charge is 0.313 e. The molecule has 2 unspecified atom stereocenters. The van der Waals surface area contributed by atoms with E-state index in [9.17, 15) is 9.18 Å². The van der Waals surface area contributed by atoms with Gasteiger partial charge in [-0.25, -0.2) is 9.18 Å². The van der Waals surface area contributed by atoms with Gasteiger partial charge in [0.1, 0.15) is 5.82 Å². The monoisotopic (exact) mass is 289 g/mol. The van der Waals surface area contributed by atoms with Crippen LogP contribution in [0.15, 0.2) is 29.4 Å². The first-order valence-electron chi connectivity index (χ1n) is 7.39. The molecule has 2 aliphatic carbocycles. The zero-order chi connectivity index (χ0) is 15.3. The summed E-state index contributed by atoms with van der Waals surface area (Å²) < 4.78 is 13.5. The van der Waals surface area contributed by atoms with E-state index in [1.54, 1.807) is 6.07 Å². The molecule has 21 heavy (non-hydrogen) atoms. The van der Waals surface area contributed by atoms with Crippen LogP contribution < -0.4 is 0 Å². The van der Waals surface area contributed by atoms with Crippen LogP contribution in [0.25, 0.3) is 0 Å². The fraction of sp³-hybridized carbons (Fsp3) is 0.529. The number of oxime groups is 1. The first-order valence-corrected chi connectivity index (χ1v) is 7.39. The molecule has 2 aliphatic rings. The number of benzene rings is 1. The Labute approximate surface area is 124 Å². The molecule has 0 spiro atoms. The van der Waals surface area contributed by atoms with Crippen LogP contribution in [0.3, 0.4) is 0 Å². The van der Waals surface area contributed by atoms with Crippen LogP contribution in [0.4, 0.5) is 4.39 Å². The number of rotatable bonds is 2. The lowest BCUT2D eigenvalue weighted by atomic mass is 9.70. The van der Waals surface area contributed by atoms with Crippen LogP contribution in [0.1, 0.15) is 50.4 Å². The molecule has 0 aliphatic heterocycles. The van der Waals surface area contributed by atoms with E-state index in [1.807, 2.05) is 0 Å². The molecule has 0 N–H and O–H groups in total. The summed E-state index contributed by atoms with van der Waals surface area (Å²) in [6.07, 6.45) is 3.14. The third kappa shape index (κ3) is 2.00. The number of fused-ring (bicyclic) bond motifs is 2. The number of hydrogen-bond donors (Lipinski definition) is 0. The van der Waals surface area contributed by atoms with E-state index >= 15 is 0 Å². The molecule has 0 heterocycles. The SMILES string of the molecule is CC12CCC(C/C1=N\OC(=O)c1ccccc1F)C2(C)C. The topological polar surface area (TPSA) is 38.7 Å². The maximum absolute atomic E-state index is 13.5. The van der Waals surface area contributed by atoms with Crippen molar-refractivity contribution in [3.05, 3.63) is 35.6 Å². The lowest BCUT2D eigenvalue weighted by Gasteiger charge is -2.34. The Hall–Kier alpha value is -1.71. The highest BCUT2D eigenvalue weighted by molar-refractivity contribution is 5.95. The Kier molecular flexibility index (Phi) is 3.15. The van der Waals surface area contributed by atoms with Gasteiger partial charge in [0.15, 0.2) is 0 Å². The summed E-state index contributed by atoms with van der Waals surface area (Å²) in [6.45, 7) is 6.70. The molecule has 3 nitrogen and oxygen atoms in total. The maximum Gasteiger partial charge on any atom is 0.368 e. The van der Waals surface area contributed by atoms with Gasteiger partial charge in [0, 0.05) is 5.41 Å². The first kappa shape index (κ1) is 14.2. The molecule has 112 valence electrons. The fourth-order valence-corrected chi connectivity index (χ4v) is 3.84. The number of halogens is 1. The molecule has 2 fully saturated rings. The van der Waals surface area contributed by atoms with E-state index in [2.05, 4.69) is 25.9 Å². The van der Waals surface area contributed by atoms with Crippen molar-refractivity contribution >= 4 is 11.7 Å². The first-order chi connectivity index (χ1) is 9.86. The van der Waals surface area contributed by atoms with Crippen LogP contribution in [-0.4, -0.2) is 11.7 Å². The van der Waals surface area contributed by atoms with Gasteiger partial charge in [-0.3, -0.25) is 0 Å². The molecule has 1 aromatic rings. The number of hydrogen-bond acceptors (Lipinski definition) is 3. The van der Waals surface area contributed by atoms with Crippen LogP contribution in [0.5, 0.6) is 0 Å². The lowest BCUT2D eigenvalue weighted by molar-refractivity contribution is 0.0503. The van der Waals surface area contributed by atoms with Crippen LogP contribution in [0.2, 0.25) is 0 Å². The van der Waals surface area contributed by atoms with Gasteiger partial charge in [0.05, 0.1) is 11.3 Å². The van der Waals surface area contributed by atoms with Crippen molar-refractivity contribution in [1.82, 2.24) is 0 Å². The van der Waals surface area contributed by atoms with Crippen molar-refractivity contribution < 1.29 is 14.0 Å². The second kappa shape index (κ2) is 4.65.